The van der Waals surface area contributed by atoms with E-state index in [1.54, 1.807) is 0 Å². The fraction of sp³-hybridized carbons (Fsp3) is 0.900. The monoisotopic (exact) mass is 466 g/mol. The zero-order valence-corrected chi connectivity index (χ0v) is 19.2. The van der Waals surface area contributed by atoms with Crippen LogP contribution in [-0.4, -0.2) is 44.4 Å². The largest absolute Gasteiger partial charge is 0.449 e. The first-order valence-electron chi connectivity index (χ1n) is 10.9. The van der Waals surface area contributed by atoms with Crippen molar-refractivity contribution in [3.63, 3.8) is 0 Å². The summed E-state index contributed by atoms with van der Waals surface area (Å²) in [5.41, 5.74) is 0. The van der Waals surface area contributed by atoms with Gasteiger partial charge < -0.3 is 9.47 Å². The molecule has 0 radical (unpaired) electrons. The summed E-state index contributed by atoms with van der Waals surface area (Å²) < 4.78 is 44.3. The molecule has 0 bridgehead atoms. The highest BCUT2D eigenvalue weighted by atomic mass is 32.2. The molecule has 0 N–H and O–H groups in total. The second-order valence-electron chi connectivity index (χ2n) is 7.80. The third kappa shape index (κ3) is 11.5. The van der Waals surface area contributed by atoms with Gasteiger partial charge in [-0.3, -0.25) is 18.0 Å². The van der Waals surface area contributed by atoms with Crippen LogP contribution in [-0.2, 0) is 49.6 Å². The van der Waals surface area contributed by atoms with Crippen LogP contribution in [0.2, 0.25) is 0 Å². The summed E-state index contributed by atoms with van der Waals surface area (Å²) in [6.45, 7) is 0. The molecule has 2 unspecified atom stereocenters. The maximum atomic E-state index is 11.8. The van der Waals surface area contributed by atoms with Crippen LogP contribution < -0.4 is 0 Å². The Labute approximate surface area is 184 Å². The van der Waals surface area contributed by atoms with Gasteiger partial charge in [-0.25, -0.2) is 8.42 Å². The smallest absolute Gasteiger partial charge is 0.306 e. The highest BCUT2D eigenvalue weighted by Gasteiger charge is 2.19. The van der Waals surface area contributed by atoms with Gasteiger partial charge in [0.25, 0.3) is 0 Å². The maximum Gasteiger partial charge on any atom is 0.306 e. The second kappa shape index (κ2) is 15.0. The molecule has 0 aliphatic heterocycles. The van der Waals surface area contributed by atoms with Gasteiger partial charge in [0.15, 0.2) is 34.0 Å². The lowest BCUT2D eigenvalue weighted by Gasteiger charge is -2.20. The van der Waals surface area contributed by atoms with Crippen molar-refractivity contribution in [2.45, 2.75) is 102 Å². The van der Waals surface area contributed by atoms with Gasteiger partial charge in [-0.1, -0.05) is 38.5 Å². The van der Waals surface area contributed by atoms with Gasteiger partial charge >= 0.3 is 11.9 Å². The molecule has 0 aromatic rings. The van der Waals surface area contributed by atoms with Crippen molar-refractivity contribution in [3.05, 3.63) is 0 Å². The van der Waals surface area contributed by atoms with E-state index in [9.17, 15) is 18.0 Å². The first-order chi connectivity index (χ1) is 14.5. The Balaban J connectivity index is 1.44. The lowest BCUT2D eigenvalue weighted by atomic mass is 9.98. The molecule has 30 heavy (non-hydrogen) atoms. The van der Waals surface area contributed by atoms with Crippen LogP contribution in [0.1, 0.15) is 89.9 Å². The molecule has 2 rings (SSSR count). The highest BCUT2D eigenvalue weighted by Crippen LogP contribution is 2.22. The second-order valence-corrected chi connectivity index (χ2v) is 9.87. The van der Waals surface area contributed by atoms with Gasteiger partial charge in [0.2, 0.25) is 0 Å². The van der Waals surface area contributed by atoms with Gasteiger partial charge in [0, 0.05) is 12.8 Å². The Hall–Kier alpha value is -0.840. The van der Waals surface area contributed by atoms with Crippen molar-refractivity contribution in [3.8, 4) is 0 Å². The van der Waals surface area contributed by atoms with E-state index in [4.69, 9.17) is 17.8 Å². The number of hydrogen-bond donors (Lipinski definition) is 0. The SMILES string of the molecule is O=C(CCCCC(=O)OCS(=O)OC1CCCCC1)OCS(=O)OC1CCCCC1. The molecule has 0 heterocycles. The highest BCUT2D eigenvalue weighted by molar-refractivity contribution is 7.80. The number of rotatable bonds is 13. The normalized spacial score (nSPS) is 20.4. The third-order valence-electron chi connectivity index (χ3n) is 5.24. The van der Waals surface area contributed by atoms with Crippen molar-refractivity contribution in [1.29, 1.82) is 0 Å². The summed E-state index contributed by atoms with van der Waals surface area (Å²) in [5, 5.41) is 0. The molecular formula is C20H34O8S2. The molecule has 0 aromatic carbocycles. The first-order valence-corrected chi connectivity index (χ1v) is 13.4. The number of ether oxygens (including phenoxy) is 2. The number of unbranched alkanes of at least 4 members (excludes halogenated alkanes) is 1. The average molecular weight is 467 g/mol. The summed E-state index contributed by atoms with van der Waals surface area (Å²) in [6.07, 6.45) is 11.4. The van der Waals surface area contributed by atoms with Gasteiger partial charge in [0.05, 0.1) is 12.2 Å². The van der Waals surface area contributed by atoms with E-state index < -0.39 is 34.1 Å². The average Bonchev–Trinajstić information content (AvgIpc) is 2.75. The lowest BCUT2D eigenvalue weighted by molar-refractivity contribution is -0.143. The van der Waals surface area contributed by atoms with E-state index in [1.807, 2.05) is 0 Å². The van der Waals surface area contributed by atoms with Crippen molar-refractivity contribution in [2.24, 2.45) is 0 Å². The van der Waals surface area contributed by atoms with Crippen molar-refractivity contribution in [2.75, 3.05) is 11.9 Å². The molecule has 0 saturated heterocycles. The molecule has 2 atom stereocenters. The molecule has 2 aliphatic carbocycles. The van der Waals surface area contributed by atoms with E-state index in [0.717, 1.165) is 51.4 Å². The molecule has 2 fully saturated rings. The Morgan fingerprint density at radius 2 is 1.00 bits per heavy atom. The topological polar surface area (TPSA) is 105 Å². The zero-order chi connectivity index (χ0) is 21.6. The molecule has 8 nitrogen and oxygen atoms in total. The van der Waals surface area contributed by atoms with Crippen LogP contribution in [0.4, 0.5) is 0 Å². The maximum absolute atomic E-state index is 11.8. The fourth-order valence-corrected chi connectivity index (χ4v) is 5.15. The molecule has 0 spiro atoms. The predicted octanol–water partition coefficient (Wildman–Crippen LogP) is 3.57. The van der Waals surface area contributed by atoms with Crippen LogP contribution >= 0.6 is 0 Å². The first kappa shape index (κ1) is 25.4. The van der Waals surface area contributed by atoms with Crippen LogP contribution in [0.25, 0.3) is 0 Å². The molecule has 0 amide bonds. The van der Waals surface area contributed by atoms with Crippen LogP contribution in [0, 0.1) is 0 Å². The Bertz CT molecular complexity index is 521. The summed E-state index contributed by atoms with van der Waals surface area (Å²) in [6, 6.07) is 0. The van der Waals surface area contributed by atoms with Crippen molar-refractivity contribution in [1.82, 2.24) is 0 Å². The fourth-order valence-electron chi connectivity index (χ4n) is 3.59. The molecule has 10 heteroatoms. The summed E-state index contributed by atoms with van der Waals surface area (Å²) in [4.78, 5) is 23.4. The Morgan fingerprint density at radius 1 is 0.633 bits per heavy atom. The third-order valence-corrected chi connectivity index (χ3v) is 6.83. The van der Waals surface area contributed by atoms with Crippen LogP contribution in [0.3, 0.4) is 0 Å². The summed E-state index contributed by atoms with van der Waals surface area (Å²) in [5.74, 6) is -1.45. The Morgan fingerprint density at radius 3 is 1.37 bits per heavy atom. The van der Waals surface area contributed by atoms with E-state index in [2.05, 4.69) is 0 Å². The van der Waals surface area contributed by atoms with Crippen LogP contribution in [0.15, 0.2) is 0 Å². The molecule has 174 valence electrons. The van der Waals surface area contributed by atoms with Crippen LogP contribution in [0.5, 0.6) is 0 Å². The van der Waals surface area contributed by atoms with Gasteiger partial charge in [-0.05, 0) is 38.5 Å². The summed E-state index contributed by atoms with van der Waals surface area (Å²) in [7, 11) is 0. The van der Waals surface area contributed by atoms with E-state index in [1.165, 1.54) is 12.8 Å². The molecule has 2 aliphatic rings. The quantitative estimate of drug-likeness (QED) is 0.300. The molecular weight excluding hydrogens is 432 g/mol. The predicted molar refractivity (Wildman–Crippen MR) is 113 cm³/mol. The van der Waals surface area contributed by atoms with Gasteiger partial charge in [0.1, 0.15) is 0 Å². The Kier molecular flexibility index (Phi) is 12.7. The van der Waals surface area contributed by atoms with Crippen molar-refractivity contribution < 1.29 is 35.8 Å². The minimum absolute atomic E-state index is 0.00769. The van der Waals surface area contributed by atoms with Crippen molar-refractivity contribution >= 4 is 34.1 Å². The van der Waals surface area contributed by atoms with E-state index in [-0.39, 0.29) is 36.9 Å². The van der Waals surface area contributed by atoms with E-state index >= 15 is 0 Å². The number of hydrogen-bond acceptors (Lipinski definition) is 8. The zero-order valence-electron chi connectivity index (χ0n) is 17.6. The molecule has 2 saturated carbocycles. The minimum atomic E-state index is -1.62. The van der Waals surface area contributed by atoms with Gasteiger partial charge in [-0.15, -0.1) is 0 Å². The number of carbonyl (C=O) groups is 2. The molecule has 0 aromatic heterocycles. The number of esters is 2. The lowest BCUT2D eigenvalue weighted by Crippen LogP contribution is -2.21. The standard InChI is InChI=1S/C20H34O8S2/c21-19(25-15-29(23)27-17-9-3-1-4-10-17)13-7-8-14-20(22)26-16-30(24)28-18-11-5-2-6-12-18/h17-18H,1-16H2. The minimum Gasteiger partial charge on any atom is -0.449 e. The summed E-state index contributed by atoms with van der Waals surface area (Å²) >= 11 is -3.24. The number of carbonyl (C=O) groups excluding carboxylic acids is 2. The van der Waals surface area contributed by atoms with Gasteiger partial charge in [-0.2, -0.15) is 0 Å². The van der Waals surface area contributed by atoms with E-state index in [0.29, 0.717) is 12.8 Å².